The summed E-state index contributed by atoms with van der Waals surface area (Å²) in [5.74, 6) is 1.81. The van der Waals surface area contributed by atoms with Gasteiger partial charge in [-0.2, -0.15) is 4.98 Å². The smallest absolute Gasteiger partial charge is 0.243 e. The number of likely N-dealkylation sites (N-methyl/N-ethyl adjacent to an activating group) is 1. The second-order valence-electron chi connectivity index (χ2n) is 9.37. The number of carbonyl (C=O) groups is 1. The van der Waals surface area contributed by atoms with Gasteiger partial charge >= 0.3 is 0 Å². The van der Waals surface area contributed by atoms with Crippen LogP contribution in [-0.4, -0.2) is 70.1 Å². The number of aryl methyl sites for hydroxylation is 1. The first-order valence-corrected chi connectivity index (χ1v) is 12.2. The number of amides is 1. The van der Waals surface area contributed by atoms with Crippen LogP contribution >= 0.6 is 0 Å². The molecular formula is C27H35N5O4. The van der Waals surface area contributed by atoms with E-state index in [0.717, 1.165) is 54.1 Å². The molecule has 0 aliphatic carbocycles. The third-order valence-corrected chi connectivity index (χ3v) is 6.65. The predicted octanol–water partition coefficient (Wildman–Crippen LogP) is 3.88. The normalized spacial score (nSPS) is 14.9. The number of aromatic nitrogens is 2. The van der Waals surface area contributed by atoms with E-state index in [4.69, 9.17) is 24.2 Å². The lowest BCUT2D eigenvalue weighted by Crippen LogP contribution is -2.40. The molecule has 0 atom stereocenters. The highest BCUT2D eigenvalue weighted by molar-refractivity contribution is 5.95. The maximum Gasteiger partial charge on any atom is 0.243 e. The van der Waals surface area contributed by atoms with Crippen molar-refractivity contribution in [3.63, 3.8) is 0 Å². The topological polar surface area (TPSA) is 97.8 Å². The fourth-order valence-electron chi connectivity index (χ4n) is 4.50. The molecular weight excluding hydrogens is 458 g/mol. The second-order valence-corrected chi connectivity index (χ2v) is 9.37. The summed E-state index contributed by atoms with van der Waals surface area (Å²) >= 11 is 0. The van der Waals surface area contributed by atoms with Gasteiger partial charge in [0.15, 0.2) is 0 Å². The number of nitrogens with zero attached hydrogens (tertiary/aromatic N) is 3. The minimum atomic E-state index is -0.160. The van der Waals surface area contributed by atoms with Crippen LogP contribution in [0.4, 0.5) is 17.5 Å². The van der Waals surface area contributed by atoms with E-state index in [1.165, 1.54) is 0 Å². The molecule has 9 nitrogen and oxygen atoms in total. The van der Waals surface area contributed by atoms with E-state index in [9.17, 15) is 4.79 Å². The Hall–Kier alpha value is -3.43. The molecule has 2 N–H and O–H groups in total. The average Bonchev–Trinajstić information content (AvgIpc) is 2.88. The highest BCUT2D eigenvalue weighted by Crippen LogP contribution is 2.33. The molecule has 0 bridgehead atoms. The van der Waals surface area contributed by atoms with E-state index in [-0.39, 0.29) is 17.9 Å². The Labute approximate surface area is 212 Å². The summed E-state index contributed by atoms with van der Waals surface area (Å²) < 4.78 is 16.3. The molecule has 1 aliphatic heterocycles. The molecule has 1 aromatic heterocycles. The summed E-state index contributed by atoms with van der Waals surface area (Å²) in [6.45, 7) is 4.96. The summed E-state index contributed by atoms with van der Waals surface area (Å²) in [4.78, 5) is 24.1. The van der Waals surface area contributed by atoms with Gasteiger partial charge in [0.2, 0.25) is 11.9 Å². The van der Waals surface area contributed by atoms with Crippen molar-refractivity contribution < 1.29 is 19.0 Å². The molecule has 0 unspecified atom stereocenters. The minimum Gasteiger partial charge on any atom is -0.497 e. The van der Waals surface area contributed by atoms with Crippen molar-refractivity contribution in [2.45, 2.75) is 19.8 Å². The third kappa shape index (κ3) is 6.03. The van der Waals surface area contributed by atoms with E-state index in [2.05, 4.69) is 10.6 Å². The first-order valence-electron chi connectivity index (χ1n) is 12.2. The van der Waals surface area contributed by atoms with Crippen LogP contribution in [0.5, 0.6) is 5.75 Å². The van der Waals surface area contributed by atoms with Crippen LogP contribution in [0.1, 0.15) is 18.4 Å². The third-order valence-electron chi connectivity index (χ3n) is 6.65. The van der Waals surface area contributed by atoms with Crippen LogP contribution in [0, 0.1) is 12.3 Å². The summed E-state index contributed by atoms with van der Waals surface area (Å²) in [7, 11) is 5.17. The lowest BCUT2D eigenvalue weighted by atomic mass is 9.81. The lowest BCUT2D eigenvalue weighted by molar-refractivity contribution is -0.114. The van der Waals surface area contributed by atoms with E-state index >= 15 is 0 Å². The molecule has 192 valence electrons. The molecule has 0 spiro atoms. The molecule has 3 aromatic rings. The standard InChI is InChI=1S/C27H35N5O4/c1-19-6-5-7-22-24(19)30-26(31-25(22)28-17-27(18-34-3)12-14-36-15-13-27)32(2)16-23(33)29-20-8-10-21(35-4)11-9-20/h5-11H,12-18H2,1-4H3,(H,29,33)(H,28,30,31). The Morgan fingerprint density at radius 1 is 1.11 bits per heavy atom. The van der Waals surface area contributed by atoms with Gasteiger partial charge in [-0.25, -0.2) is 4.98 Å². The Morgan fingerprint density at radius 3 is 2.56 bits per heavy atom. The summed E-state index contributed by atoms with van der Waals surface area (Å²) in [6, 6.07) is 13.3. The van der Waals surface area contributed by atoms with Crippen molar-refractivity contribution in [1.82, 2.24) is 9.97 Å². The van der Waals surface area contributed by atoms with Crippen molar-refractivity contribution in [3.8, 4) is 5.75 Å². The average molecular weight is 494 g/mol. The molecule has 4 rings (SSSR count). The summed E-state index contributed by atoms with van der Waals surface area (Å²) in [5.41, 5.74) is 2.60. The van der Waals surface area contributed by atoms with Crippen LogP contribution in [0.25, 0.3) is 10.9 Å². The zero-order chi connectivity index (χ0) is 25.5. The van der Waals surface area contributed by atoms with Gasteiger partial charge in [-0.15, -0.1) is 0 Å². The number of anilines is 3. The Bertz CT molecular complexity index is 1170. The molecule has 2 aromatic carbocycles. The number of methoxy groups -OCH3 is 2. The van der Waals surface area contributed by atoms with Crippen LogP contribution in [-0.2, 0) is 14.3 Å². The van der Waals surface area contributed by atoms with E-state index in [0.29, 0.717) is 24.8 Å². The molecule has 36 heavy (non-hydrogen) atoms. The number of ether oxygens (including phenoxy) is 3. The predicted molar refractivity (Wildman–Crippen MR) is 142 cm³/mol. The van der Waals surface area contributed by atoms with Gasteiger partial charge in [0.05, 0.1) is 25.8 Å². The lowest BCUT2D eigenvalue weighted by Gasteiger charge is -2.37. The SMILES string of the molecule is COCC1(CNc2nc(N(C)CC(=O)Nc3ccc(OC)cc3)nc3c(C)cccc23)CCOCC1. The molecule has 0 radical (unpaired) electrons. The van der Waals surface area contributed by atoms with Gasteiger partial charge in [-0.1, -0.05) is 12.1 Å². The maximum absolute atomic E-state index is 12.7. The van der Waals surface area contributed by atoms with Gasteiger partial charge in [-0.3, -0.25) is 4.79 Å². The van der Waals surface area contributed by atoms with Crippen molar-refractivity contribution in [1.29, 1.82) is 0 Å². The number of nitrogens with one attached hydrogen (secondary N) is 2. The highest BCUT2D eigenvalue weighted by Gasteiger charge is 2.33. The Morgan fingerprint density at radius 2 is 1.86 bits per heavy atom. The van der Waals surface area contributed by atoms with Gasteiger partial charge in [0.25, 0.3) is 0 Å². The number of para-hydroxylation sites is 1. The molecule has 1 aliphatic rings. The minimum absolute atomic E-state index is 0.0155. The van der Waals surface area contributed by atoms with Crippen LogP contribution in [0.15, 0.2) is 42.5 Å². The Kier molecular flexibility index (Phi) is 8.22. The molecule has 2 heterocycles. The molecule has 1 fully saturated rings. The summed E-state index contributed by atoms with van der Waals surface area (Å²) in [5, 5.41) is 7.45. The number of hydrogen-bond acceptors (Lipinski definition) is 8. The first-order chi connectivity index (χ1) is 17.4. The van der Waals surface area contributed by atoms with E-state index < -0.39 is 0 Å². The monoisotopic (exact) mass is 493 g/mol. The molecule has 9 heteroatoms. The van der Waals surface area contributed by atoms with E-state index in [1.54, 1.807) is 43.4 Å². The molecule has 1 amide bonds. The number of benzene rings is 2. The van der Waals surface area contributed by atoms with Crippen molar-refractivity contribution in [2.24, 2.45) is 5.41 Å². The van der Waals surface area contributed by atoms with Gasteiger partial charge in [0.1, 0.15) is 11.6 Å². The van der Waals surface area contributed by atoms with Gasteiger partial charge < -0.3 is 29.7 Å². The van der Waals surface area contributed by atoms with Gasteiger partial charge in [0, 0.05) is 50.4 Å². The fourth-order valence-corrected chi connectivity index (χ4v) is 4.50. The fraction of sp³-hybridized carbons (Fsp3) is 0.444. The van der Waals surface area contributed by atoms with Crippen molar-refractivity contribution in [3.05, 3.63) is 48.0 Å². The number of rotatable bonds is 10. The van der Waals surface area contributed by atoms with Gasteiger partial charge in [-0.05, 0) is 55.7 Å². The zero-order valence-electron chi connectivity index (χ0n) is 21.5. The number of carbonyl (C=O) groups excluding carboxylic acids is 1. The zero-order valence-corrected chi connectivity index (χ0v) is 21.5. The summed E-state index contributed by atoms with van der Waals surface area (Å²) in [6.07, 6.45) is 1.85. The number of fused-ring (bicyclic) bond motifs is 1. The van der Waals surface area contributed by atoms with Crippen LogP contribution in [0.2, 0.25) is 0 Å². The maximum atomic E-state index is 12.7. The van der Waals surface area contributed by atoms with Crippen molar-refractivity contribution in [2.75, 3.05) is 69.7 Å². The Balaban J connectivity index is 1.54. The number of hydrogen-bond donors (Lipinski definition) is 2. The molecule has 1 saturated heterocycles. The highest BCUT2D eigenvalue weighted by atomic mass is 16.5. The largest absolute Gasteiger partial charge is 0.497 e. The van der Waals surface area contributed by atoms with Crippen LogP contribution < -0.4 is 20.3 Å². The first kappa shape index (κ1) is 25.7. The molecule has 0 saturated carbocycles. The van der Waals surface area contributed by atoms with Crippen LogP contribution in [0.3, 0.4) is 0 Å². The quantitative estimate of drug-likeness (QED) is 0.439. The van der Waals surface area contributed by atoms with Crippen molar-refractivity contribution >= 4 is 34.3 Å². The second kappa shape index (κ2) is 11.5. The van der Waals surface area contributed by atoms with E-state index in [1.807, 2.05) is 32.2 Å².